The van der Waals surface area contributed by atoms with Crippen molar-refractivity contribution in [3.8, 4) is 5.75 Å². The predicted octanol–water partition coefficient (Wildman–Crippen LogP) is 1.98. The Morgan fingerprint density at radius 1 is 1.24 bits per heavy atom. The topological polar surface area (TPSA) is 41.5 Å². The number of benzene rings is 1. The van der Waals surface area contributed by atoms with Gasteiger partial charge in [-0.15, -0.1) is 0 Å². The van der Waals surface area contributed by atoms with Crippen LogP contribution in [0.15, 0.2) is 24.3 Å². The third-order valence-electron chi connectivity index (χ3n) is 2.65. The van der Waals surface area contributed by atoms with Gasteiger partial charge in [-0.05, 0) is 31.9 Å². The zero-order valence-corrected chi connectivity index (χ0v) is 10.9. The molecule has 0 saturated heterocycles. The summed E-state index contributed by atoms with van der Waals surface area (Å²) < 4.78 is 5.66. The first-order valence-electron chi connectivity index (χ1n) is 6.15. The zero-order chi connectivity index (χ0) is 12.7. The van der Waals surface area contributed by atoms with Crippen molar-refractivity contribution in [1.29, 1.82) is 0 Å². The zero-order valence-electron chi connectivity index (χ0n) is 10.9. The molecule has 1 rings (SSSR count). The van der Waals surface area contributed by atoms with Gasteiger partial charge < -0.3 is 15.2 Å². The molecule has 0 aliphatic rings. The minimum atomic E-state index is 0.221. The summed E-state index contributed by atoms with van der Waals surface area (Å²) in [7, 11) is 0. The summed E-state index contributed by atoms with van der Waals surface area (Å²) in [6.07, 6.45) is 0. The lowest BCUT2D eigenvalue weighted by Crippen LogP contribution is -2.35. The number of rotatable bonds is 7. The average molecular weight is 237 g/mol. The van der Waals surface area contributed by atoms with E-state index in [0.29, 0.717) is 6.61 Å². The van der Waals surface area contributed by atoms with E-state index in [4.69, 9.17) is 9.84 Å². The Hall–Kier alpha value is -1.06. The highest BCUT2D eigenvalue weighted by atomic mass is 16.5. The van der Waals surface area contributed by atoms with Gasteiger partial charge in [-0.2, -0.15) is 0 Å². The van der Waals surface area contributed by atoms with Crippen LogP contribution in [0.5, 0.6) is 5.75 Å². The highest BCUT2D eigenvalue weighted by Crippen LogP contribution is 2.11. The van der Waals surface area contributed by atoms with Gasteiger partial charge in [-0.3, -0.25) is 0 Å². The smallest absolute Gasteiger partial charge is 0.119 e. The SMILES string of the molecule is Cc1ccc(OCC(C)NCC(C)CO)cc1. The predicted molar refractivity (Wildman–Crippen MR) is 70.4 cm³/mol. The van der Waals surface area contributed by atoms with Gasteiger partial charge in [0.15, 0.2) is 0 Å². The molecule has 0 spiro atoms. The summed E-state index contributed by atoms with van der Waals surface area (Å²) in [6, 6.07) is 8.34. The summed E-state index contributed by atoms with van der Waals surface area (Å²) in [5, 5.41) is 12.2. The van der Waals surface area contributed by atoms with Crippen molar-refractivity contribution in [2.24, 2.45) is 5.92 Å². The molecule has 0 bridgehead atoms. The fourth-order valence-electron chi connectivity index (χ4n) is 1.38. The van der Waals surface area contributed by atoms with Crippen LogP contribution in [-0.2, 0) is 0 Å². The molecule has 0 fully saturated rings. The molecule has 2 atom stereocenters. The van der Waals surface area contributed by atoms with Gasteiger partial charge in [0.2, 0.25) is 0 Å². The van der Waals surface area contributed by atoms with Gasteiger partial charge in [0.25, 0.3) is 0 Å². The summed E-state index contributed by atoms with van der Waals surface area (Å²) in [4.78, 5) is 0. The number of aryl methyl sites for hydroxylation is 1. The van der Waals surface area contributed by atoms with E-state index < -0.39 is 0 Å². The van der Waals surface area contributed by atoms with E-state index in [9.17, 15) is 0 Å². The lowest BCUT2D eigenvalue weighted by atomic mass is 10.2. The van der Waals surface area contributed by atoms with Crippen molar-refractivity contribution in [3.05, 3.63) is 29.8 Å². The molecule has 2 unspecified atom stereocenters. The Labute approximate surface area is 104 Å². The molecule has 0 saturated carbocycles. The molecular weight excluding hydrogens is 214 g/mol. The van der Waals surface area contributed by atoms with E-state index in [0.717, 1.165) is 12.3 Å². The first kappa shape index (κ1) is 14.0. The molecule has 1 aromatic rings. The Balaban J connectivity index is 2.23. The fraction of sp³-hybridized carbons (Fsp3) is 0.571. The molecule has 1 aromatic carbocycles. The normalized spacial score (nSPS) is 14.4. The van der Waals surface area contributed by atoms with Gasteiger partial charge >= 0.3 is 0 Å². The number of aliphatic hydroxyl groups is 1. The van der Waals surface area contributed by atoms with Crippen LogP contribution in [0.3, 0.4) is 0 Å². The van der Waals surface area contributed by atoms with Crippen molar-refractivity contribution in [2.75, 3.05) is 19.8 Å². The third-order valence-corrected chi connectivity index (χ3v) is 2.65. The van der Waals surface area contributed by atoms with E-state index >= 15 is 0 Å². The largest absolute Gasteiger partial charge is 0.492 e. The van der Waals surface area contributed by atoms with Gasteiger partial charge in [-0.25, -0.2) is 0 Å². The first-order valence-corrected chi connectivity index (χ1v) is 6.15. The molecule has 0 amide bonds. The number of ether oxygens (including phenoxy) is 1. The minimum Gasteiger partial charge on any atom is -0.492 e. The Morgan fingerprint density at radius 2 is 1.88 bits per heavy atom. The monoisotopic (exact) mass is 237 g/mol. The highest BCUT2D eigenvalue weighted by Gasteiger charge is 2.05. The van der Waals surface area contributed by atoms with Gasteiger partial charge in [0.1, 0.15) is 12.4 Å². The van der Waals surface area contributed by atoms with Crippen LogP contribution in [0, 0.1) is 12.8 Å². The lowest BCUT2D eigenvalue weighted by Gasteiger charge is -2.17. The number of aliphatic hydroxyl groups excluding tert-OH is 1. The second-order valence-electron chi connectivity index (χ2n) is 4.72. The third kappa shape index (κ3) is 5.71. The summed E-state index contributed by atoms with van der Waals surface area (Å²) in [5.41, 5.74) is 1.24. The molecule has 17 heavy (non-hydrogen) atoms. The maximum absolute atomic E-state index is 8.91. The van der Waals surface area contributed by atoms with Crippen LogP contribution in [-0.4, -0.2) is 30.9 Å². The van der Waals surface area contributed by atoms with Crippen LogP contribution in [0.25, 0.3) is 0 Å². The maximum Gasteiger partial charge on any atom is 0.119 e. The van der Waals surface area contributed by atoms with E-state index in [2.05, 4.69) is 19.2 Å². The molecule has 0 aromatic heterocycles. The van der Waals surface area contributed by atoms with Gasteiger partial charge in [0.05, 0.1) is 0 Å². The van der Waals surface area contributed by atoms with Crippen molar-refractivity contribution < 1.29 is 9.84 Å². The second-order valence-corrected chi connectivity index (χ2v) is 4.72. The molecular formula is C14H23NO2. The molecule has 3 nitrogen and oxygen atoms in total. The minimum absolute atomic E-state index is 0.221. The molecule has 96 valence electrons. The fourth-order valence-corrected chi connectivity index (χ4v) is 1.38. The number of nitrogens with one attached hydrogen (secondary N) is 1. The van der Waals surface area contributed by atoms with E-state index in [-0.39, 0.29) is 18.6 Å². The van der Waals surface area contributed by atoms with Crippen LogP contribution in [0.4, 0.5) is 0 Å². The molecule has 3 heteroatoms. The standard InChI is InChI=1S/C14H23NO2/c1-11-4-6-14(7-5-11)17-10-13(3)15-8-12(2)9-16/h4-7,12-13,15-16H,8-10H2,1-3H3. The van der Waals surface area contributed by atoms with Crippen molar-refractivity contribution >= 4 is 0 Å². The molecule has 2 N–H and O–H groups in total. The summed E-state index contributed by atoms with van der Waals surface area (Å²) >= 11 is 0. The Bertz CT molecular complexity index is 311. The van der Waals surface area contributed by atoms with Crippen molar-refractivity contribution in [3.63, 3.8) is 0 Å². The first-order chi connectivity index (χ1) is 8.11. The van der Waals surface area contributed by atoms with E-state index in [1.54, 1.807) is 0 Å². The lowest BCUT2D eigenvalue weighted by molar-refractivity contribution is 0.219. The average Bonchev–Trinajstić information content (AvgIpc) is 2.35. The van der Waals surface area contributed by atoms with Crippen LogP contribution >= 0.6 is 0 Å². The van der Waals surface area contributed by atoms with Crippen LogP contribution < -0.4 is 10.1 Å². The van der Waals surface area contributed by atoms with Gasteiger partial charge in [0, 0.05) is 19.2 Å². The Morgan fingerprint density at radius 3 is 2.47 bits per heavy atom. The second kappa shape index (κ2) is 7.30. The van der Waals surface area contributed by atoms with Crippen LogP contribution in [0.2, 0.25) is 0 Å². The number of hydrogen-bond acceptors (Lipinski definition) is 3. The summed E-state index contributed by atoms with van der Waals surface area (Å²) in [5.74, 6) is 1.19. The maximum atomic E-state index is 8.91. The summed E-state index contributed by atoms with van der Waals surface area (Å²) in [6.45, 7) is 7.83. The van der Waals surface area contributed by atoms with Crippen molar-refractivity contribution in [1.82, 2.24) is 5.32 Å². The Kier molecular flexibility index (Phi) is 6.01. The molecule has 0 radical (unpaired) electrons. The number of hydrogen-bond donors (Lipinski definition) is 2. The van der Waals surface area contributed by atoms with E-state index in [1.807, 2.05) is 31.2 Å². The molecule has 0 aliphatic carbocycles. The molecule has 0 aliphatic heterocycles. The van der Waals surface area contributed by atoms with Crippen molar-refractivity contribution in [2.45, 2.75) is 26.8 Å². The molecule has 0 heterocycles. The quantitative estimate of drug-likeness (QED) is 0.762. The highest BCUT2D eigenvalue weighted by molar-refractivity contribution is 5.26. The van der Waals surface area contributed by atoms with E-state index in [1.165, 1.54) is 5.56 Å². The van der Waals surface area contributed by atoms with Crippen LogP contribution in [0.1, 0.15) is 19.4 Å². The van der Waals surface area contributed by atoms with Gasteiger partial charge in [-0.1, -0.05) is 24.6 Å².